The van der Waals surface area contributed by atoms with Crippen molar-refractivity contribution in [2.24, 2.45) is 34.6 Å². The number of carbonyl (C=O) groups is 4. The Hall–Kier alpha value is -3.15. The number of rotatable bonds is 10. The number of ketones is 3. The molecule has 0 saturated heterocycles. The van der Waals surface area contributed by atoms with Crippen LogP contribution in [0.25, 0.3) is 0 Å². The average molecular weight is 532 g/mol. The van der Waals surface area contributed by atoms with Crippen LogP contribution in [0.5, 0.6) is 5.75 Å². The van der Waals surface area contributed by atoms with Gasteiger partial charge in [-0.2, -0.15) is 0 Å². The van der Waals surface area contributed by atoms with Crippen molar-refractivity contribution in [3.63, 3.8) is 0 Å². The molecule has 5 atom stereocenters. The topological polar surface area (TPSA) is 180 Å². The zero-order valence-electron chi connectivity index (χ0n) is 22.4. The molecule has 11 nitrogen and oxygen atoms in total. The van der Waals surface area contributed by atoms with Crippen LogP contribution in [0.15, 0.2) is 17.3 Å². The number of aliphatic hydroxyl groups is 2. The van der Waals surface area contributed by atoms with E-state index < -0.39 is 65.7 Å². The predicted octanol–water partition coefficient (Wildman–Crippen LogP) is 0.447. The summed E-state index contributed by atoms with van der Waals surface area (Å²) in [7, 11) is 3.26. The molecule has 11 heteroatoms. The molecule has 1 unspecified atom stereocenters. The molecule has 3 rings (SSSR count). The molecule has 1 saturated carbocycles. The standard InChI is InChI=1S/C27H37N3O8/c1-13(2)12-38-29-14(3)16-6-7-20(32)24-17(16)8-15-9-18(19(11-31)30(4)5)27(37,21(33)10-22(28)34)26(36)23(15)25(24)35/h6-7,13,15,18-19,23,31-32,37H,8-12H2,1-5H3,(H2,28,34)/t15-,18-,19+,23?,27+/m0/s1. The number of phenolic OH excluding ortho intramolecular Hbond substituents is 1. The fourth-order valence-electron chi connectivity index (χ4n) is 5.74. The highest BCUT2D eigenvalue weighted by Gasteiger charge is 2.62. The molecule has 1 aromatic rings. The monoisotopic (exact) mass is 531 g/mol. The van der Waals surface area contributed by atoms with Crippen molar-refractivity contribution >= 4 is 29.0 Å². The lowest BCUT2D eigenvalue weighted by Crippen LogP contribution is -2.67. The van der Waals surface area contributed by atoms with Crippen LogP contribution in [0, 0.1) is 23.7 Å². The molecular formula is C27H37N3O8. The van der Waals surface area contributed by atoms with Crippen molar-refractivity contribution < 1.29 is 39.3 Å². The Morgan fingerprint density at radius 2 is 1.92 bits per heavy atom. The Labute approximate surface area is 221 Å². The van der Waals surface area contributed by atoms with Gasteiger partial charge in [0.25, 0.3) is 0 Å². The largest absolute Gasteiger partial charge is 0.507 e. The van der Waals surface area contributed by atoms with Crippen LogP contribution >= 0.6 is 0 Å². The number of Topliss-reactive ketones (excluding diaryl/α,β-unsaturated/α-hetero) is 3. The number of fused-ring (bicyclic) bond motifs is 2. The Kier molecular flexibility index (Phi) is 8.75. The van der Waals surface area contributed by atoms with Gasteiger partial charge in [0.15, 0.2) is 23.0 Å². The van der Waals surface area contributed by atoms with Gasteiger partial charge in [-0.25, -0.2) is 0 Å². The Morgan fingerprint density at radius 3 is 2.47 bits per heavy atom. The van der Waals surface area contributed by atoms with Crippen molar-refractivity contribution in [3.8, 4) is 5.75 Å². The smallest absolute Gasteiger partial charge is 0.225 e. The lowest BCUT2D eigenvalue weighted by Gasteiger charge is -2.49. The van der Waals surface area contributed by atoms with E-state index in [9.17, 15) is 34.5 Å². The summed E-state index contributed by atoms with van der Waals surface area (Å²) in [5.41, 5.74) is 3.98. The first-order valence-corrected chi connectivity index (χ1v) is 12.7. The van der Waals surface area contributed by atoms with Crippen LogP contribution in [-0.2, 0) is 25.6 Å². The van der Waals surface area contributed by atoms with E-state index in [1.54, 1.807) is 32.0 Å². The van der Waals surface area contributed by atoms with E-state index in [0.717, 1.165) is 0 Å². The summed E-state index contributed by atoms with van der Waals surface area (Å²) in [6.45, 7) is 5.58. The first-order valence-electron chi connectivity index (χ1n) is 12.7. The van der Waals surface area contributed by atoms with Gasteiger partial charge in [0.1, 0.15) is 12.4 Å². The molecule has 1 amide bonds. The van der Waals surface area contributed by atoms with Gasteiger partial charge in [-0.1, -0.05) is 19.0 Å². The number of hydrogen-bond donors (Lipinski definition) is 4. The summed E-state index contributed by atoms with van der Waals surface area (Å²) in [6, 6.07) is 2.14. The number of carbonyl (C=O) groups excluding carboxylic acids is 4. The van der Waals surface area contributed by atoms with Crippen LogP contribution in [0.1, 0.15) is 55.1 Å². The van der Waals surface area contributed by atoms with Gasteiger partial charge in [-0.15, -0.1) is 0 Å². The number of nitrogens with zero attached hydrogens (tertiary/aromatic N) is 2. The number of amides is 1. The van der Waals surface area contributed by atoms with E-state index in [1.165, 1.54) is 6.07 Å². The molecule has 5 N–H and O–H groups in total. The van der Waals surface area contributed by atoms with Gasteiger partial charge in [0, 0.05) is 17.5 Å². The van der Waals surface area contributed by atoms with Gasteiger partial charge in [0.05, 0.1) is 30.2 Å². The van der Waals surface area contributed by atoms with E-state index in [1.807, 2.05) is 13.8 Å². The molecule has 1 aromatic carbocycles. The second kappa shape index (κ2) is 11.3. The quantitative estimate of drug-likeness (QED) is 0.189. The summed E-state index contributed by atoms with van der Waals surface area (Å²) in [4.78, 5) is 59.2. The Bertz CT molecular complexity index is 1160. The second-order valence-corrected chi connectivity index (χ2v) is 10.9. The Balaban J connectivity index is 2.13. The SMILES string of the molecule is CC(=NOCC(C)C)c1ccc(O)c2c1C[C@H]1C[C@@H]([C@@H](CO)N(C)C)[C@@](O)(C(=O)CC(N)=O)C(=O)C1C2=O. The fourth-order valence-corrected chi connectivity index (χ4v) is 5.74. The lowest BCUT2D eigenvalue weighted by molar-refractivity contribution is -0.171. The molecular weight excluding hydrogens is 494 g/mol. The summed E-state index contributed by atoms with van der Waals surface area (Å²) in [5, 5.41) is 36.5. The number of phenols is 1. The van der Waals surface area contributed by atoms with Crippen molar-refractivity contribution in [2.75, 3.05) is 27.3 Å². The van der Waals surface area contributed by atoms with Crippen LogP contribution in [0.3, 0.4) is 0 Å². The average Bonchev–Trinajstić information content (AvgIpc) is 2.81. The van der Waals surface area contributed by atoms with Crippen molar-refractivity contribution in [1.82, 2.24) is 4.90 Å². The highest BCUT2D eigenvalue weighted by molar-refractivity contribution is 6.24. The van der Waals surface area contributed by atoms with E-state index in [-0.39, 0.29) is 30.1 Å². The first-order chi connectivity index (χ1) is 17.7. The third kappa shape index (κ3) is 5.23. The zero-order valence-corrected chi connectivity index (χ0v) is 22.4. The van der Waals surface area contributed by atoms with Gasteiger partial charge in [0.2, 0.25) is 5.91 Å². The van der Waals surface area contributed by atoms with Gasteiger partial charge >= 0.3 is 0 Å². The van der Waals surface area contributed by atoms with Crippen molar-refractivity contribution in [2.45, 2.75) is 51.7 Å². The number of oxime groups is 1. The third-order valence-corrected chi connectivity index (χ3v) is 7.58. The van der Waals surface area contributed by atoms with Crippen LogP contribution < -0.4 is 5.73 Å². The molecule has 2 aliphatic rings. The molecule has 2 aliphatic carbocycles. The number of likely N-dealkylation sites (N-methyl/N-ethyl adjacent to an activating group) is 1. The highest BCUT2D eigenvalue weighted by Crippen LogP contribution is 2.48. The van der Waals surface area contributed by atoms with E-state index in [2.05, 4.69) is 5.16 Å². The van der Waals surface area contributed by atoms with Crippen molar-refractivity contribution in [3.05, 3.63) is 28.8 Å². The van der Waals surface area contributed by atoms with Gasteiger partial charge < -0.3 is 30.8 Å². The highest BCUT2D eigenvalue weighted by atomic mass is 16.6. The number of aliphatic hydroxyl groups excluding tert-OH is 1. The van der Waals surface area contributed by atoms with Gasteiger partial charge in [-0.3, -0.25) is 19.2 Å². The summed E-state index contributed by atoms with van der Waals surface area (Å²) >= 11 is 0. The first kappa shape index (κ1) is 29.4. The van der Waals surface area contributed by atoms with Crippen LogP contribution in [0.2, 0.25) is 0 Å². The van der Waals surface area contributed by atoms with Crippen LogP contribution in [-0.4, -0.2) is 88.1 Å². The number of nitrogens with two attached hydrogens (primary N) is 1. The number of aromatic hydroxyl groups is 1. The summed E-state index contributed by atoms with van der Waals surface area (Å²) < 4.78 is 0. The minimum Gasteiger partial charge on any atom is -0.507 e. The normalized spacial score (nSPS) is 26.2. The molecule has 0 bridgehead atoms. The second-order valence-electron chi connectivity index (χ2n) is 10.9. The number of hydrogen-bond acceptors (Lipinski definition) is 10. The molecule has 0 radical (unpaired) electrons. The molecule has 1 fully saturated rings. The maximum atomic E-state index is 13.8. The summed E-state index contributed by atoms with van der Waals surface area (Å²) in [5.74, 6) is -7.14. The maximum absolute atomic E-state index is 13.8. The predicted molar refractivity (Wildman–Crippen MR) is 138 cm³/mol. The third-order valence-electron chi connectivity index (χ3n) is 7.58. The molecule has 0 heterocycles. The maximum Gasteiger partial charge on any atom is 0.225 e. The Morgan fingerprint density at radius 1 is 1.26 bits per heavy atom. The van der Waals surface area contributed by atoms with E-state index >= 15 is 0 Å². The molecule has 208 valence electrons. The van der Waals surface area contributed by atoms with E-state index in [0.29, 0.717) is 23.4 Å². The van der Waals surface area contributed by atoms with Crippen LogP contribution in [0.4, 0.5) is 0 Å². The minimum atomic E-state index is -2.71. The van der Waals surface area contributed by atoms with Gasteiger partial charge in [-0.05, 0) is 63.4 Å². The summed E-state index contributed by atoms with van der Waals surface area (Å²) in [6.07, 6.45) is -0.685. The molecule has 0 aliphatic heterocycles. The number of benzene rings is 1. The molecule has 0 aromatic heterocycles. The lowest BCUT2D eigenvalue weighted by atomic mass is 9.56. The minimum absolute atomic E-state index is 0.0289. The zero-order chi connectivity index (χ0) is 28.5. The molecule has 0 spiro atoms. The fraction of sp³-hybridized carbons (Fsp3) is 0.593. The van der Waals surface area contributed by atoms with E-state index in [4.69, 9.17) is 10.6 Å². The number of primary amides is 1. The van der Waals surface area contributed by atoms with Crippen molar-refractivity contribution in [1.29, 1.82) is 0 Å². The molecule has 38 heavy (non-hydrogen) atoms.